The first-order chi connectivity index (χ1) is 13.2. The molecular formula is C18H14F10Si. The molecule has 0 saturated heterocycles. The fourth-order valence-corrected chi connectivity index (χ4v) is 9.17. The van der Waals surface area contributed by atoms with E-state index in [4.69, 9.17) is 0 Å². The first-order valence-corrected chi connectivity index (χ1v) is 10.4. The molecule has 2 aromatic rings. The van der Waals surface area contributed by atoms with E-state index in [0.717, 1.165) is 6.92 Å². The van der Waals surface area contributed by atoms with Gasteiger partial charge in [0.15, 0.2) is 46.5 Å². The fourth-order valence-electron chi connectivity index (χ4n) is 3.72. The molecule has 0 atom stereocenters. The largest absolute Gasteiger partial charge is 0.204 e. The SMILES string of the molecule is CC[Si](c1c(F)c(F)c(F)c(F)c1F)(c1c(F)c(F)c(F)c(F)c1F)C(C)(C)C. The van der Waals surface area contributed by atoms with Crippen molar-refractivity contribution >= 4 is 18.4 Å². The number of rotatable bonds is 3. The fraction of sp³-hybridized carbons (Fsp3) is 0.333. The highest BCUT2D eigenvalue weighted by molar-refractivity contribution is 7.04. The monoisotopic (exact) mass is 448 g/mol. The molecule has 0 nitrogen and oxygen atoms in total. The third-order valence-electron chi connectivity index (χ3n) is 5.08. The van der Waals surface area contributed by atoms with Gasteiger partial charge in [0.1, 0.15) is 8.07 Å². The van der Waals surface area contributed by atoms with Gasteiger partial charge in [-0.1, -0.05) is 33.7 Å². The maximum absolute atomic E-state index is 14.7. The smallest absolute Gasteiger partial charge is 0.200 e. The van der Waals surface area contributed by atoms with Gasteiger partial charge in [-0.05, 0) is 5.04 Å². The highest BCUT2D eigenvalue weighted by Gasteiger charge is 2.55. The first-order valence-electron chi connectivity index (χ1n) is 8.20. The van der Waals surface area contributed by atoms with Crippen molar-refractivity contribution in [2.24, 2.45) is 0 Å². The normalized spacial score (nSPS) is 12.6. The molecule has 0 aromatic heterocycles. The molecule has 29 heavy (non-hydrogen) atoms. The van der Waals surface area contributed by atoms with Crippen LogP contribution in [0.4, 0.5) is 43.9 Å². The minimum absolute atomic E-state index is 0.632. The van der Waals surface area contributed by atoms with Crippen LogP contribution in [0, 0.1) is 58.2 Å². The highest BCUT2D eigenvalue weighted by Crippen LogP contribution is 2.41. The molecule has 0 aliphatic carbocycles. The molecule has 160 valence electrons. The standard InChI is InChI=1S/C18H14F10Si/c1-5-29(18(2,3)4,16-12(25)8(21)6(19)9(22)13(16)26)17-14(27)10(23)7(20)11(24)15(17)28/h5H2,1-4H3. The Morgan fingerprint density at radius 3 is 0.862 bits per heavy atom. The van der Waals surface area contributed by atoms with Crippen LogP contribution in [0.5, 0.6) is 0 Å². The Bertz CT molecular complexity index is 866. The minimum Gasteiger partial charge on any atom is -0.204 e. The Balaban J connectivity index is 3.25. The molecule has 2 aromatic carbocycles. The van der Waals surface area contributed by atoms with Crippen LogP contribution in [0.2, 0.25) is 11.1 Å². The van der Waals surface area contributed by atoms with Crippen LogP contribution >= 0.6 is 0 Å². The molecule has 0 N–H and O–H groups in total. The highest BCUT2D eigenvalue weighted by atomic mass is 28.3. The lowest BCUT2D eigenvalue weighted by Gasteiger charge is -2.43. The van der Waals surface area contributed by atoms with Gasteiger partial charge in [0.25, 0.3) is 0 Å². The lowest BCUT2D eigenvalue weighted by atomic mass is 10.2. The summed E-state index contributed by atoms with van der Waals surface area (Å²) in [6, 6.07) is -0.632. The number of benzene rings is 2. The Hall–Kier alpha value is -2.04. The van der Waals surface area contributed by atoms with Crippen molar-refractivity contribution in [3.05, 3.63) is 58.2 Å². The Morgan fingerprint density at radius 2 is 0.690 bits per heavy atom. The molecular weight excluding hydrogens is 434 g/mol. The van der Waals surface area contributed by atoms with Gasteiger partial charge in [0.2, 0.25) is 11.6 Å². The molecule has 0 saturated carbocycles. The van der Waals surface area contributed by atoms with Gasteiger partial charge in [-0.3, -0.25) is 0 Å². The van der Waals surface area contributed by atoms with Gasteiger partial charge in [0, 0.05) is 10.4 Å². The molecule has 0 bridgehead atoms. The number of halogens is 10. The summed E-state index contributed by atoms with van der Waals surface area (Å²) >= 11 is 0. The predicted molar refractivity (Wildman–Crippen MR) is 87.7 cm³/mol. The summed E-state index contributed by atoms with van der Waals surface area (Å²) < 4.78 is 141. The molecule has 0 aliphatic heterocycles. The Morgan fingerprint density at radius 1 is 0.483 bits per heavy atom. The van der Waals surface area contributed by atoms with E-state index >= 15 is 0 Å². The van der Waals surface area contributed by atoms with Crippen molar-refractivity contribution in [1.82, 2.24) is 0 Å². The third kappa shape index (κ3) is 3.04. The molecule has 11 heteroatoms. The number of hydrogen-bond donors (Lipinski definition) is 0. The van der Waals surface area contributed by atoms with Crippen LogP contribution in [0.3, 0.4) is 0 Å². The first kappa shape index (κ1) is 23.2. The summed E-state index contributed by atoms with van der Waals surface area (Å²) in [4.78, 5) is 0. The summed E-state index contributed by atoms with van der Waals surface area (Å²) in [5, 5.41) is -4.74. The maximum Gasteiger partial charge on any atom is 0.200 e. The summed E-state index contributed by atoms with van der Waals surface area (Å²) in [6.45, 7) is 4.62. The molecule has 0 fully saturated rings. The third-order valence-corrected chi connectivity index (χ3v) is 11.3. The number of hydrogen-bond acceptors (Lipinski definition) is 0. The summed E-state index contributed by atoms with van der Waals surface area (Å²) in [5.74, 6) is -24.0. The van der Waals surface area contributed by atoms with Crippen LogP contribution < -0.4 is 10.4 Å². The molecule has 0 amide bonds. The molecule has 0 radical (unpaired) electrons. The molecule has 0 unspecified atom stereocenters. The van der Waals surface area contributed by atoms with Crippen LogP contribution in [-0.2, 0) is 0 Å². The van der Waals surface area contributed by atoms with Gasteiger partial charge in [-0.15, -0.1) is 0 Å². The summed E-state index contributed by atoms with van der Waals surface area (Å²) in [7, 11) is -4.87. The zero-order valence-electron chi connectivity index (χ0n) is 15.5. The zero-order valence-corrected chi connectivity index (χ0v) is 16.5. The lowest BCUT2D eigenvalue weighted by molar-refractivity contribution is 0.380. The van der Waals surface area contributed by atoms with E-state index in [2.05, 4.69) is 0 Å². The second-order valence-corrected chi connectivity index (χ2v) is 12.4. The van der Waals surface area contributed by atoms with Crippen molar-refractivity contribution in [3.63, 3.8) is 0 Å². The van der Waals surface area contributed by atoms with Crippen molar-refractivity contribution < 1.29 is 43.9 Å². The van der Waals surface area contributed by atoms with Gasteiger partial charge >= 0.3 is 0 Å². The van der Waals surface area contributed by atoms with E-state index in [9.17, 15) is 43.9 Å². The van der Waals surface area contributed by atoms with Crippen molar-refractivity contribution in [2.75, 3.05) is 0 Å². The lowest BCUT2D eigenvalue weighted by Crippen LogP contribution is -2.68. The quantitative estimate of drug-likeness (QED) is 0.253. The average molecular weight is 448 g/mol. The van der Waals surface area contributed by atoms with Crippen LogP contribution in [0.15, 0.2) is 0 Å². The van der Waals surface area contributed by atoms with Crippen LogP contribution in [0.1, 0.15) is 27.7 Å². The molecule has 0 aliphatic rings. The zero-order chi connectivity index (χ0) is 22.6. The maximum atomic E-state index is 14.7. The van der Waals surface area contributed by atoms with Crippen molar-refractivity contribution in [2.45, 2.75) is 38.8 Å². The molecule has 2 rings (SSSR count). The molecule has 0 spiro atoms. The van der Waals surface area contributed by atoms with E-state index in [-0.39, 0.29) is 0 Å². The van der Waals surface area contributed by atoms with Crippen LogP contribution in [-0.4, -0.2) is 8.07 Å². The van der Waals surface area contributed by atoms with Crippen molar-refractivity contribution in [1.29, 1.82) is 0 Å². The predicted octanol–water partition coefficient (Wildman–Crippen LogP) is 5.46. The van der Waals surface area contributed by atoms with E-state index in [1.54, 1.807) is 0 Å². The van der Waals surface area contributed by atoms with E-state index in [1.807, 2.05) is 0 Å². The van der Waals surface area contributed by atoms with E-state index < -0.39 is 87.7 Å². The van der Waals surface area contributed by atoms with Gasteiger partial charge in [-0.2, -0.15) is 0 Å². The minimum atomic E-state index is -4.87. The average Bonchev–Trinajstić information content (AvgIpc) is 2.65. The van der Waals surface area contributed by atoms with Crippen molar-refractivity contribution in [3.8, 4) is 0 Å². The second-order valence-electron chi connectivity index (χ2n) is 7.40. The topological polar surface area (TPSA) is 0 Å². The summed E-state index contributed by atoms with van der Waals surface area (Å²) in [6.07, 6.45) is 0. The Kier molecular flexibility index (Phi) is 5.88. The van der Waals surface area contributed by atoms with Gasteiger partial charge < -0.3 is 0 Å². The van der Waals surface area contributed by atoms with E-state index in [1.165, 1.54) is 20.8 Å². The Labute approximate surface area is 160 Å². The summed E-state index contributed by atoms with van der Waals surface area (Å²) in [5.41, 5.74) is 0. The van der Waals surface area contributed by atoms with E-state index in [0.29, 0.717) is 0 Å². The molecule has 0 heterocycles. The van der Waals surface area contributed by atoms with Crippen LogP contribution in [0.25, 0.3) is 0 Å². The second kappa shape index (κ2) is 7.33. The van der Waals surface area contributed by atoms with Gasteiger partial charge in [-0.25, -0.2) is 43.9 Å². The van der Waals surface area contributed by atoms with Gasteiger partial charge in [0.05, 0.1) is 0 Å².